The highest BCUT2D eigenvalue weighted by atomic mass is 19.4. The molecule has 1 aliphatic rings. The van der Waals surface area contributed by atoms with Gasteiger partial charge in [0.25, 0.3) is 5.91 Å². The maximum absolute atomic E-state index is 12.8. The second-order valence-corrected chi connectivity index (χ2v) is 6.07. The number of carbonyl (C=O) groups excluding carboxylic acids is 1. The summed E-state index contributed by atoms with van der Waals surface area (Å²) in [5, 5.41) is 7.33. The molecule has 1 aromatic carbocycles. The third-order valence-corrected chi connectivity index (χ3v) is 4.36. The van der Waals surface area contributed by atoms with E-state index in [-0.39, 0.29) is 23.3 Å². The van der Waals surface area contributed by atoms with E-state index in [4.69, 9.17) is 0 Å². The molecule has 25 heavy (non-hydrogen) atoms. The number of likely N-dealkylation sites (N-methyl/N-ethyl adjacent to an activating group) is 1. The third-order valence-electron chi connectivity index (χ3n) is 4.36. The number of amides is 1. The smallest absolute Gasteiger partial charge is 0.336 e. The third kappa shape index (κ3) is 3.84. The molecule has 0 bridgehead atoms. The van der Waals surface area contributed by atoms with Crippen molar-refractivity contribution in [2.24, 2.45) is 0 Å². The first kappa shape index (κ1) is 17.5. The number of carbonyl (C=O) groups is 1. The first-order valence-corrected chi connectivity index (χ1v) is 8.08. The molecule has 8 heteroatoms. The van der Waals surface area contributed by atoms with E-state index < -0.39 is 11.7 Å². The highest BCUT2D eigenvalue weighted by Gasteiger charge is 2.30. The van der Waals surface area contributed by atoms with E-state index in [2.05, 4.69) is 10.4 Å². The van der Waals surface area contributed by atoms with Crippen LogP contribution in [0.3, 0.4) is 0 Å². The van der Waals surface area contributed by atoms with E-state index in [0.717, 1.165) is 25.0 Å². The molecule has 2 heterocycles. The van der Waals surface area contributed by atoms with Gasteiger partial charge in [-0.25, -0.2) is 4.68 Å². The zero-order valence-corrected chi connectivity index (χ0v) is 13.8. The number of nitrogens with one attached hydrogen (secondary N) is 1. The molecule has 134 valence electrons. The highest BCUT2D eigenvalue weighted by molar-refractivity contribution is 5.92. The van der Waals surface area contributed by atoms with Crippen molar-refractivity contribution >= 4 is 5.91 Å². The van der Waals surface area contributed by atoms with Gasteiger partial charge in [-0.2, -0.15) is 18.3 Å². The van der Waals surface area contributed by atoms with Crippen LogP contribution in [-0.2, 0) is 6.18 Å². The van der Waals surface area contributed by atoms with Gasteiger partial charge in [0, 0.05) is 25.3 Å². The number of likely N-dealkylation sites (tertiary alicyclic amines) is 1. The number of alkyl halides is 3. The van der Waals surface area contributed by atoms with E-state index in [1.807, 2.05) is 7.05 Å². The molecular formula is C17H19F3N4O. The number of aromatic nitrogens is 2. The fourth-order valence-electron chi connectivity index (χ4n) is 2.97. The highest BCUT2D eigenvalue weighted by Crippen LogP contribution is 2.30. The van der Waals surface area contributed by atoms with Gasteiger partial charge in [-0.1, -0.05) is 6.07 Å². The van der Waals surface area contributed by atoms with Gasteiger partial charge in [0.2, 0.25) is 0 Å². The number of hydrogen-bond donors (Lipinski definition) is 1. The van der Waals surface area contributed by atoms with Crippen LogP contribution in [0.25, 0.3) is 5.69 Å². The maximum Gasteiger partial charge on any atom is 0.416 e. The van der Waals surface area contributed by atoms with Crippen LogP contribution < -0.4 is 5.32 Å². The summed E-state index contributed by atoms with van der Waals surface area (Å²) in [5.74, 6) is -0.203. The monoisotopic (exact) mass is 352 g/mol. The standard InChI is InChI=1S/C17H19F3N4O/c1-21-13-5-3-8-23(11-13)16(25)15-7-9-24(22-15)14-6-2-4-12(10-14)17(18,19)20/h2,4,6-7,9-10,13,21H,3,5,8,11H2,1H3. The molecule has 1 fully saturated rings. The predicted molar refractivity (Wildman–Crippen MR) is 86.6 cm³/mol. The maximum atomic E-state index is 12.8. The number of hydrogen-bond acceptors (Lipinski definition) is 3. The fraction of sp³-hybridized carbons (Fsp3) is 0.412. The minimum atomic E-state index is -4.42. The van der Waals surface area contributed by atoms with Crippen molar-refractivity contribution in [1.29, 1.82) is 0 Å². The topological polar surface area (TPSA) is 50.2 Å². The molecule has 5 nitrogen and oxygen atoms in total. The molecule has 1 saturated heterocycles. The van der Waals surface area contributed by atoms with Gasteiger partial charge in [-0.05, 0) is 44.2 Å². The molecule has 1 amide bonds. The molecule has 0 aliphatic carbocycles. The Morgan fingerprint density at radius 3 is 2.84 bits per heavy atom. The molecule has 0 saturated carbocycles. The number of halogens is 3. The summed E-state index contributed by atoms with van der Waals surface area (Å²) in [6.45, 7) is 1.26. The van der Waals surface area contributed by atoms with Crippen molar-refractivity contribution in [1.82, 2.24) is 20.0 Å². The van der Waals surface area contributed by atoms with E-state index in [9.17, 15) is 18.0 Å². The van der Waals surface area contributed by atoms with Gasteiger partial charge in [0.15, 0.2) is 5.69 Å². The molecular weight excluding hydrogens is 333 g/mol. The summed E-state index contributed by atoms with van der Waals surface area (Å²) < 4.78 is 39.8. The van der Waals surface area contributed by atoms with Crippen molar-refractivity contribution in [3.05, 3.63) is 47.8 Å². The van der Waals surface area contributed by atoms with E-state index in [1.54, 1.807) is 4.90 Å². The van der Waals surface area contributed by atoms with Crippen molar-refractivity contribution in [3.8, 4) is 5.69 Å². The molecule has 1 aromatic heterocycles. The Labute approximate surface area is 143 Å². The summed E-state index contributed by atoms with van der Waals surface area (Å²) in [7, 11) is 1.86. The Morgan fingerprint density at radius 1 is 1.32 bits per heavy atom. The Bertz CT molecular complexity index is 756. The Hall–Kier alpha value is -2.35. The quantitative estimate of drug-likeness (QED) is 0.924. The van der Waals surface area contributed by atoms with E-state index >= 15 is 0 Å². The zero-order chi connectivity index (χ0) is 18.0. The van der Waals surface area contributed by atoms with Gasteiger partial charge in [0.1, 0.15) is 0 Å². The molecule has 1 aliphatic heterocycles. The lowest BCUT2D eigenvalue weighted by atomic mass is 10.1. The molecule has 1 unspecified atom stereocenters. The van der Waals surface area contributed by atoms with Gasteiger partial charge in [-0.3, -0.25) is 4.79 Å². The molecule has 1 N–H and O–H groups in total. The average Bonchev–Trinajstić information content (AvgIpc) is 3.10. The largest absolute Gasteiger partial charge is 0.416 e. The molecule has 0 radical (unpaired) electrons. The summed E-state index contributed by atoms with van der Waals surface area (Å²) in [6, 6.07) is 6.65. The predicted octanol–water partition coefficient (Wildman–Crippen LogP) is 2.72. The van der Waals surface area contributed by atoms with E-state index in [0.29, 0.717) is 13.1 Å². The van der Waals surface area contributed by atoms with Crippen molar-refractivity contribution in [2.75, 3.05) is 20.1 Å². The number of piperidine rings is 1. The van der Waals surface area contributed by atoms with Crippen LogP contribution in [-0.4, -0.2) is 46.8 Å². The molecule has 3 rings (SSSR count). The second-order valence-electron chi connectivity index (χ2n) is 6.07. The lowest BCUT2D eigenvalue weighted by Gasteiger charge is -2.32. The van der Waals surface area contributed by atoms with Crippen molar-refractivity contribution in [3.63, 3.8) is 0 Å². The van der Waals surface area contributed by atoms with Crippen molar-refractivity contribution in [2.45, 2.75) is 25.1 Å². The normalized spacial score (nSPS) is 18.4. The summed E-state index contributed by atoms with van der Waals surface area (Å²) in [5.41, 5.74) is -0.254. The van der Waals surface area contributed by atoms with Gasteiger partial charge >= 0.3 is 6.18 Å². The SMILES string of the molecule is CNC1CCCN(C(=O)c2ccn(-c3cccc(C(F)(F)F)c3)n2)C1. The van der Waals surface area contributed by atoms with Crippen LogP contribution in [0.5, 0.6) is 0 Å². The molecule has 1 atom stereocenters. The van der Waals surface area contributed by atoms with Crippen LogP contribution in [0.1, 0.15) is 28.9 Å². The Morgan fingerprint density at radius 2 is 2.12 bits per heavy atom. The van der Waals surface area contributed by atoms with Crippen LogP contribution in [0.15, 0.2) is 36.5 Å². The number of benzene rings is 1. The fourth-order valence-corrected chi connectivity index (χ4v) is 2.97. The Balaban J connectivity index is 1.79. The Kier molecular flexibility index (Phi) is 4.80. The first-order valence-electron chi connectivity index (χ1n) is 8.08. The lowest BCUT2D eigenvalue weighted by molar-refractivity contribution is -0.137. The number of rotatable bonds is 3. The summed E-state index contributed by atoms with van der Waals surface area (Å²) in [6.07, 6.45) is -0.995. The van der Waals surface area contributed by atoms with Crippen LogP contribution in [0.4, 0.5) is 13.2 Å². The van der Waals surface area contributed by atoms with Crippen LogP contribution in [0.2, 0.25) is 0 Å². The zero-order valence-electron chi connectivity index (χ0n) is 13.8. The molecule has 0 spiro atoms. The number of nitrogens with zero attached hydrogens (tertiary/aromatic N) is 3. The van der Waals surface area contributed by atoms with Crippen LogP contribution >= 0.6 is 0 Å². The lowest BCUT2D eigenvalue weighted by Crippen LogP contribution is -2.47. The average molecular weight is 352 g/mol. The minimum Gasteiger partial charge on any atom is -0.336 e. The van der Waals surface area contributed by atoms with Gasteiger partial charge < -0.3 is 10.2 Å². The van der Waals surface area contributed by atoms with Crippen molar-refractivity contribution < 1.29 is 18.0 Å². The minimum absolute atomic E-state index is 0.203. The first-order chi connectivity index (χ1) is 11.9. The van der Waals surface area contributed by atoms with Gasteiger partial charge in [-0.15, -0.1) is 0 Å². The van der Waals surface area contributed by atoms with E-state index in [1.165, 1.54) is 29.1 Å². The summed E-state index contributed by atoms with van der Waals surface area (Å²) in [4.78, 5) is 14.3. The summed E-state index contributed by atoms with van der Waals surface area (Å²) >= 11 is 0. The molecule has 2 aromatic rings. The second kappa shape index (κ2) is 6.87. The van der Waals surface area contributed by atoms with Crippen LogP contribution in [0, 0.1) is 0 Å². The van der Waals surface area contributed by atoms with Gasteiger partial charge in [0.05, 0.1) is 11.3 Å².